The summed E-state index contributed by atoms with van der Waals surface area (Å²) < 4.78 is 65.4. The molecule has 0 unspecified atom stereocenters. The minimum atomic E-state index is -5.08. The molecule has 0 aromatic heterocycles. The number of piperazine rings is 1. The van der Waals surface area contributed by atoms with Crippen molar-refractivity contribution in [1.82, 2.24) is 9.21 Å². The summed E-state index contributed by atoms with van der Waals surface area (Å²) in [4.78, 5) is 26.9. The zero-order valence-electron chi connectivity index (χ0n) is 24.0. The smallest absolute Gasteiger partial charge is 0.490 e. The maximum atomic E-state index is 13.9. The van der Waals surface area contributed by atoms with E-state index in [1.165, 1.54) is 11.4 Å². The fourth-order valence-corrected chi connectivity index (χ4v) is 7.17. The summed E-state index contributed by atoms with van der Waals surface area (Å²) in [5, 5.41) is 8.35. The number of ether oxygens (including phenoxy) is 1. The molecule has 2 fully saturated rings. The highest BCUT2D eigenvalue weighted by molar-refractivity contribution is 7.89. The second kappa shape index (κ2) is 14.3. The number of benzene rings is 3. The minimum absolute atomic E-state index is 0.0249. The number of hydrogen-bond donors (Lipinski definition) is 1. The Balaban J connectivity index is 0.000000591. The average Bonchev–Trinajstić information content (AvgIpc) is 3.49. The van der Waals surface area contributed by atoms with E-state index < -0.39 is 28.1 Å². The van der Waals surface area contributed by atoms with Crippen molar-refractivity contribution in [1.29, 1.82) is 0 Å². The van der Waals surface area contributed by atoms with Crippen LogP contribution in [0.2, 0.25) is 10.0 Å². The third-order valence-electron chi connectivity index (χ3n) is 7.61. The van der Waals surface area contributed by atoms with E-state index in [0.717, 1.165) is 11.3 Å². The van der Waals surface area contributed by atoms with Gasteiger partial charge in [0.1, 0.15) is 5.75 Å². The van der Waals surface area contributed by atoms with E-state index in [9.17, 15) is 26.4 Å². The highest BCUT2D eigenvalue weighted by Crippen LogP contribution is 2.38. The normalized spacial score (nSPS) is 19.1. The summed E-state index contributed by atoms with van der Waals surface area (Å²) in [5.41, 5.74) is 1.81. The highest BCUT2D eigenvalue weighted by Gasteiger charge is 2.45. The zero-order chi connectivity index (χ0) is 32.9. The Morgan fingerprint density at radius 2 is 1.51 bits per heavy atom. The Bertz CT molecular complexity index is 1600. The van der Waals surface area contributed by atoms with Crippen LogP contribution in [0.15, 0.2) is 77.7 Å². The van der Waals surface area contributed by atoms with Crippen LogP contribution in [0.1, 0.15) is 11.5 Å². The first-order valence-electron chi connectivity index (χ1n) is 13.7. The number of nitrogens with zero attached hydrogens (tertiary/aromatic N) is 3. The Morgan fingerprint density at radius 3 is 2.07 bits per heavy atom. The molecule has 2 atom stereocenters. The molecule has 0 radical (unpaired) electrons. The van der Waals surface area contributed by atoms with Crippen molar-refractivity contribution in [2.75, 3.05) is 51.3 Å². The van der Waals surface area contributed by atoms with Crippen LogP contribution in [0.5, 0.6) is 5.75 Å². The molecule has 2 heterocycles. The first-order chi connectivity index (χ1) is 21.2. The molecule has 15 heteroatoms. The molecule has 0 bridgehead atoms. The number of carbonyl (C=O) groups is 2. The Morgan fingerprint density at radius 1 is 0.911 bits per heavy atom. The molecule has 2 aliphatic heterocycles. The molecule has 3 aromatic rings. The van der Waals surface area contributed by atoms with Gasteiger partial charge in [-0.2, -0.15) is 17.5 Å². The van der Waals surface area contributed by atoms with Crippen LogP contribution in [0.4, 0.5) is 18.9 Å². The van der Waals surface area contributed by atoms with Crippen LogP contribution in [-0.4, -0.2) is 87.2 Å². The third kappa shape index (κ3) is 8.20. The highest BCUT2D eigenvalue weighted by atomic mass is 35.5. The Labute approximate surface area is 268 Å². The molecule has 1 N–H and O–H groups in total. The largest absolute Gasteiger partial charge is 0.497 e. The van der Waals surface area contributed by atoms with Crippen molar-refractivity contribution < 1.29 is 41.0 Å². The topological polar surface area (TPSA) is 107 Å². The number of amides is 1. The van der Waals surface area contributed by atoms with Crippen molar-refractivity contribution in [3.05, 3.63) is 88.4 Å². The van der Waals surface area contributed by atoms with E-state index >= 15 is 0 Å². The number of methoxy groups -OCH3 is 1. The number of halogens is 5. The van der Waals surface area contributed by atoms with Crippen molar-refractivity contribution in [3.8, 4) is 5.75 Å². The van der Waals surface area contributed by atoms with Gasteiger partial charge in [-0.25, -0.2) is 13.2 Å². The lowest BCUT2D eigenvalue weighted by Crippen LogP contribution is -2.51. The van der Waals surface area contributed by atoms with E-state index in [1.807, 2.05) is 41.3 Å². The molecular formula is C30H30Cl2F3N3O6S. The van der Waals surface area contributed by atoms with Gasteiger partial charge >= 0.3 is 12.1 Å². The number of aliphatic carboxylic acids is 1. The lowest BCUT2D eigenvalue weighted by Gasteiger charge is -2.38. The van der Waals surface area contributed by atoms with Crippen LogP contribution in [-0.2, 0) is 19.6 Å². The number of hydrogen-bond acceptors (Lipinski definition) is 6. The van der Waals surface area contributed by atoms with Crippen LogP contribution >= 0.6 is 23.2 Å². The fourth-order valence-electron chi connectivity index (χ4n) is 5.28. The predicted octanol–water partition coefficient (Wildman–Crippen LogP) is 5.39. The number of carboxylic acids is 1. The number of carboxylic acid groups (broad SMARTS) is 1. The number of sulfonamides is 1. The van der Waals surface area contributed by atoms with E-state index in [4.69, 9.17) is 37.8 Å². The van der Waals surface area contributed by atoms with Gasteiger partial charge in [0.2, 0.25) is 15.9 Å². The summed E-state index contributed by atoms with van der Waals surface area (Å²) in [6.07, 6.45) is -5.08. The van der Waals surface area contributed by atoms with Crippen molar-refractivity contribution in [2.45, 2.75) is 17.0 Å². The number of alkyl halides is 3. The first-order valence-corrected chi connectivity index (χ1v) is 15.9. The molecule has 2 aliphatic rings. The molecule has 3 aromatic carbocycles. The molecule has 0 spiro atoms. The fraction of sp³-hybridized carbons (Fsp3) is 0.333. The summed E-state index contributed by atoms with van der Waals surface area (Å²) in [6.45, 7) is 2.64. The molecule has 242 valence electrons. The summed E-state index contributed by atoms with van der Waals surface area (Å²) in [7, 11) is -2.25. The SMILES string of the molecule is COc1ccc(S(=O)(=O)N2C[C@@H](C(=O)N3CCN(c4cc(Cl)ccc4Cl)CC3)[C@H](c3ccccc3)C2)cc1.O=C(O)C(F)(F)F. The summed E-state index contributed by atoms with van der Waals surface area (Å²) >= 11 is 12.6. The van der Waals surface area contributed by atoms with E-state index in [-0.39, 0.29) is 29.8 Å². The van der Waals surface area contributed by atoms with Gasteiger partial charge in [-0.3, -0.25) is 4.79 Å². The zero-order valence-corrected chi connectivity index (χ0v) is 26.3. The second-order valence-electron chi connectivity index (χ2n) is 10.3. The van der Waals surface area contributed by atoms with Crippen LogP contribution in [0.25, 0.3) is 0 Å². The molecule has 2 saturated heterocycles. The molecular weight excluding hydrogens is 658 g/mol. The van der Waals surface area contributed by atoms with Gasteiger partial charge < -0.3 is 19.6 Å². The van der Waals surface area contributed by atoms with Gasteiger partial charge in [0, 0.05) is 50.2 Å². The van der Waals surface area contributed by atoms with E-state index in [0.29, 0.717) is 42.0 Å². The number of rotatable bonds is 6. The standard InChI is InChI=1S/C28H29Cl2N3O4S.C2HF3O2/c1-37-22-8-10-23(11-9-22)38(35,36)33-18-24(20-5-3-2-4-6-20)25(19-33)28(34)32-15-13-31(14-16-32)27-17-21(29)7-12-26(27)30;3-2(4,5)1(6)7/h2-12,17,24-25H,13-16,18-19H2,1H3;(H,6,7)/t24-,25+;/m0./s1. The quantitative estimate of drug-likeness (QED) is 0.370. The monoisotopic (exact) mass is 687 g/mol. The van der Waals surface area contributed by atoms with Gasteiger partial charge in [0.05, 0.1) is 28.6 Å². The summed E-state index contributed by atoms with van der Waals surface area (Å²) in [6, 6.07) is 21.4. The number of carbonyl (C=O) groups excluding carboxylic acids is 1. The van der Waals surface area contributed by atoms with Gasteiger partial charge in [0.25, 0.3) is 0 Å². The maximum Gasteiger partial charge on any atom is 0.490 e. The molecule has 0 saturated carbocycles. The molecule has 0 aliphatic carbocycles. The summed E-state index contributed by atoms with van der Waals surface area (Å²) in [5.74, 6) is -2.92. The predicted molar refractivity (Wildman–Crippen MR) is 163 cm³/mol. The second-order valence-corrected chi connectivity index (χ2v) is 13.1. The molecule has 45 heavy (non-hydrogen) atoms. The van der Waals surface area contributed by atoms with Crippen LogP contribution in [0, 0.1) is 5.92 Å². The first kappa shape index (κ1) is 34.4. The van der Waals surface area contributed by atoms with Crippen LogP contribution in [0.3, 0.4) is 0 Å². The van der Waals surface area contributed by atoms with E-state index in [2.05, 4.69) is 4.90 Å². The molecule has 5 rings (SSSR count). The Hall–Kier alpha value is -3.52. The van der Waals surface area contributed by atoms with Crippen molar-refractivity contribution >= 4 is 50.8 Å². The van der Waals surface area contributed by atoms with Crippen molar-refractivity contribution in [2.24, 2.45) is 5.92 Å². The van der Waals surface area contributed by atoms with Gasteiger partial charge in [0.15, 0.2) is 0 Å². The maximum absolute atomic E-state index is 13.9. The lowest BCUT2D eigenvalue weighted by molar-refractivity contribution is -0.192. The molecule has 1 amide bonds. The lowest BCUT2D eigenvalue weighted by atomic mass is 9.88. The van der Waals surface area contributed by atoms with Crippen LogP contribution < -0.4 is 9.64 Å². The van der Waals surface area contributed by atoms with Crippen molar-refractivity contribution in [3.63, 3.8) is 0 Å². The minimum Gasteiger partial charge on any atom is -0.497 e. The van der Waals surface area contributed by atoms with Gasteiger partial charge in [-0.05, 0) is 48.0 Å². The van der Waals surface area contributed by atoms with Gasteiger partial charge in [-0.1, -0.05) is 53.5 Å². The Kier molecular flexibility index (Phi) is 10.9. The third-order valence-corrected chi connectivity index (χ3v) is 10.0. The van der Waals surface area contributed by atoms with E-state index in [1.54, 1.807) is 36.4 Å². The van der Waals surface area contributed by atoms with Gasteiger partial charge in [-0.15, -0.1) is 0 Å². The number of anilines is 1. The average molecular weight is 689 g/mol. The molecule has 9 nitrogen and oxygen atoms in total.